The molecule has 0 spiro atoms. The number of nitrogens with one attached hydrogen (secondary N) is 1. The summed E-state index contributed by atoms with van der Waals surface area (Å²) >= 11 is 1.74. The van der Waals surface area contributed by atoms with Gasteiger partial charge >= 0.3 is 0 Å². The molecule has 2 aromatic rings. The van der Waals surface area contributed by atoms with Crippen LogP contribution in [0, 0.1) is 0 Å². The van der Waals surface area contributed by atoms with Crippen molar-refractivity contribution in [1.29, 1.82) is 0 Å². The summed E-state index contributed by atoms with van der Waals surface area (Å²) in [5.41, 5.74) is 1.10. The summed E-state index contributed by atoms with van der Waals surface area (Å²) in [5, 5.41) is 10.2. The number of piperidine rings is 1. The van der Waals surface area contributed by atoms with Crippen LogP contribution in [0.4, 0.5) is 0 Å². The van der Waals surface area contributed by atoms with Gasteiger partial charge in [0.1, 0.15) is 5.69 Å². The maximum absolute atomic E-state index is 4.66. The Bertz CT molecular complexity index is 441. The number of nitrogens with zero attached hydrogens (tertiary/aromatic N) is 2. The molecule has 3 nitrogen and oxygen atoms in total. The minimum absolute atomic E-state index is 0.530. The third-order valence-corrected chi connectivity index (χ3v) is 3.92. The van der Waals surface area contributed by atoms with E-state index in [1.54, 1.807) is 11.3 Å². The molecule has 1 N–H and O–H groups in total. The predicted molar refractivity (Wildman–Crippen MR) is 66.7 cm³/mol. The molecule has 1 aliphatic rings. The number of rotatable bonds is 2. The highest BCUT2D eigenvalue weighted by Gasteiger charge is 2.15. The minimum Gasteiger partial charge on any atom is -0.315 e. The number of hydrogen-bond donors (Lipinski definition) is 1. The van der Waals surface area contributed by atoms with Crippen LogP contribution in [0.15, 0.2) is 29.8 Å². The Balaban J connectivity index is 1.82. The molecule has 3 rings (SSSR count). The van der Waals surface area contributed by atoms with Gasteiger partial charge in [0.15, 0.2) is 0 Å². The van der Waals surface area contributed by atoms with Gasteiger partial charge in [0, 0.05) is 12.7 Å². The second-order valence-corrected chi connectivity index (χ2v) is 5.11. The Hall–Kier alpha value is -1.13. The van der Waals surface area contributed by atoms with E-state index in [1.165, 1.54) is 17.7 Å². The summed E-state index contributed by atoms with van der Waals surface area (Å²) < 4.78 is 2.11. The van der Waals surface area contributed by atoms with Gasteiger partial charge in [0.25, 0.3) is 0 Å². The first-order chi connectivity index (χ1) is 7.93. The topological polar surface area (TPSA) is 29.9 Å². The minimum atomic E-state index is 0.530. The van der Waals surface area contributed by atoms with Crippen molar-refractivity contribution in [2.24, 2.45) is 0 Å². The molecule has 1 atom stereocenters. The van der Waals surface area contributed by atoms with Crippen LogP contribution in [0.25, 0.3) is 10.6 Å². The first-order valence-corrected chi connectivity index (χ1v) is 6.61. The van der Waals surface area contributed by atoms with E-state index >= 15 is 0 Å². The molecule has 84 valence electrons. The van der Waals surface area contributed by atoms with Gasteiger partial charge in [0.05, 0.1) is 10.9 Å². The fourth-order valence-electron chi connectivity index (χ4n) is 2.16. The lowest BCUT2D eigenvalue weighted by atomic mass is 10.1. The van der Waals surface area contributed by atoms with E-state index in [0.29, 0.717) is 6.04 Å². The molecule has 3 heterocycles. The van der Waals surface area contributed by atoms with Gasteiger partial charge in [-0.25, -0.2) is 0 Å². The molecular weight excluding hydrogens is 218 g/mol. The van der Waals surface area contributed by atoms with Crippen molar-refractivity contribution in [1.82, 2.24) is 15.1 Å². The van der Waals surface area contributed by atoms with E-state index in [1.807, 2.05) is 0 Å². The third kappa shape index (κ3) is 1.90. The van der Waals surface area contributed by atoms with Crippen molar-refractivity contribution < 1.29 is 0 Å². The molecular formula is C12H15N3S. The molecule has 0 aliphatic carbocycles. The number of thiophene rings is 1. The van der Waals surface area contributed by atoms with E-state index in [9.17, 15) is 0 Å². The third-order valence-electron chi connectivity index (χ3n) is 3.03. The van der Waals surface area contributed by atoms with Gasteiger partial charge in [-0.2, -0.15) is 5.10 Å². The molecule has 0 unspecified atom stereocenters. The fourth-order valence-corrected chi connectivity index (χ4v) is 2.85. The standard InChI is InChI=1S/C12H15N3S/c1-3-10(9-13-6-1)15-7-5-11(14-15)12-4-2-8-16-12/h2,4-5,7-8,10,13H,1,3,6,9H2/t10-/m1/s1. The van der Waals surface area contributed by atoms with E-state index < -0.39 is 0 Å². The van der Waals surface area contributed by atoms with E-state index in [-0.39, 0.29) is 0 Å². The molecule has 1 aliphatic heterocycles. The Morgan fingerprint density at radius 1 is 1.44 bits per heavy atom. The highest BCUT2D eigenvalue weighted by atomic mass is 32.1. The second-order valence-electron chi connectivity index (χ2n) is 4.16. The van der Waals surface area contributed by atoms with Crippen molar-refractivity contribution in [2.75, 3.05) is 13.1 Å². The zero-order valence-electron chi connectivity index (χ0n) is 9.10. The fraction of sp³-hybridized carbons (Fsp3) is 0.417. The van der Waals surface area contributed by atoms with Gasteiger partial charge in [0.2, 0.25) is 0 Å². The zero-order chi connectivity index (χ0) is 10.8. The molecule has 2 aromatic heterocycles. The van der Waals surface area contributed by atoms with Crippen LogP contribution < -0.4 is 5.32 Å². The lowest BCUT2D eigenvalue weighted by Gasteiger charge is -2.22. The number of hydrogen-bond acceptors (Lipinski definition) is 3. The van der Waals surface area contributed by atoms with Crippen LogP contribution in [0.5, 0.6) is 0 Å². The number of aromatic nitrogens is 2. The summed E-state index contributed by atoms with van der Waals surface area (Å²) in [4.78, 5) is 1.25. The monoisotopic (exact) mass is 233 g/mol. The highest BCUT2D eigenvalue weighted by molar-refractivity contribution is 7.13. The van der Waals surface area contributed by atoms with Gasteiger partial charge in [-0.15, -0.1) is 11.3 Å². The van der Waals surface area contributed by atoms with E-state index in [0.717, 1.165) is 18.8 Å². The van der Waals surface area contributed by atoms with Crippen LogP contribution in [0.3, 0.4) is 0 Å². The molecule has 0 bridgehead atoms. The van der Waals surface area contributed by atoms with Crippen molar-refractivity contribution in [3.8, 4) is 10.6 Å². The SMILES string of the molecule is c1csc(-c2ccn([C@@H]3CCCNC3)n2)c1. The van der Waals surface area contributed by atoms with Gasteiger partial charge < -0.3 is 5.32 Å². The van der Waals surface area contributed by atoms with Crippen molar-refractivity contribution in [3.63, 3.8) is 0 Å². The van der Waals surface area contributed by atoms with Crippen molar-refractivity contribution >= 4 is 11.3 Å². The highest BCUT2D eigenvalue weighted by Crippen LogP contribution is 2.24. The molecule has 0 saturated carbocycles. The largest absolute Gasteiger partial charge is 0.315 e. The Kier molecular flexibility index (Phi) is 2.76. The average Bonchev–Trinajstić information content (AvgIpc) is 3.01. The summed E-state index contributed by atoms with van der Waals surface area (Å²) in [6, 6.07) is 6.83. The summed E-state index contributed by atoms with van der Waals surface area (Å²) in [5.74, 6) is 0. The molecule has 0 radical (unpaired) electrons. The first-order valence-electron chi connectivity index (χ1n) is 5.73. The smallest absolute Gasteiger partial charge is 0.102 e. The molecule has 4 heteroatoms. The van der Waals surface area contributed by atoms with Crippen molar-refractivity contribution in [2.45, 2.75) is 18.9 Å². The quantitative estimate of drug-likeness (QED) is 0.864. The second kappa shape index (κ2) is 4.39. The Morgan fingerprint density at radius 3 is 3.19 bits per heavy atom. The van der Waals surface area contributed by atoms with Crippen LogP contribution in [-0.2, 0) is 0 Å². The summed E-state index contributed by atoms with van der Waals surface area (Å²) in [6.45, 7) is 2.20. The van der Waals surface area contributed by atoms with Crippen LogP contribution in [0.1, 0.15) is 18.9 Å². The lowest BCUT2D eigenvalue weighted by Crippen LogP contribution is -2.31. The molecule has 0 aromatic carbocycles. The van der Waals surface area contributed by atoms with Gasteiger partial charge in [-0.3, -0.25) is 4.68 Å². The van der Waals surface area contributed by atoms with E-state index in [2.05, 4.69) is 44.9 Å². The van der Waals surface area contributed by atoms with Crippen LogP contribution >= 0.6 is 11.3 Å². The molecule has 0 amide bonds. The predicted octanol–water partition coefficient (Wildman–Crippen LogP) is 2.54. The maximum Gasteiger partial charge on any atom is 0.102 e. The Morgan fingerprint density at radius 2 is 2.44 bits per heavy atom. The average molecular weight is 233 g/mol. The normalized spacial score (nSPS) is 21.1. The molecule has 1 saturated heterocycles. The van der Waals surface area contributed by atoms with Gasteiger partial charge in [-0.1, -0.05) is 6.07 Å². The van der Waals surface area contributed by atoms with Crippen molar-refractivity contribution in [3.05, 3.63) is 29.8 Å². The van der Waals surface area contributed by atoms with Crippen LogP contribution in [-0.4, -0.2) is 22.9 Å². The van der Waals surface area contributed by atoms with Gasteiger partial charge in [-0.05, 0) is 36.9 Å². The molecule has 1 fully saturated rings. The van der Waals surface area contributed by atoms with Crippen LogP contribution in [0.2, 0.25) is 0 Å². The zero-order valence-corrected chi connectivity index (χ0v) is 9.91. The summed E-state index contributed by atoms with van der Waals surface area (Å²) in [7, 11) is 0. The lowest BCUT2D eigenvalue weighted by molar-refractivity contribution is 0.347. The Labute approximate surface area is 99.1 Å². The summed E-state index contributed by atoms with van der Waals surface area (Å²) in [6.07, 6.45) is 4.59. The first kappa shape index (κ1) is 10.1. The maximum atomic E-state index is 4.66. The molecule has 16 heavy (non-hydrogen) atoms. The van der Waals surface area contributed by atoms with E-state index in [4.69, 9.17) is 0 Å².